The summed E-state index contributed by atoms with van der Waals surface area (Å²) in [6.07, 6.45) is 5.02. The van der Waals surface area contributed by atoms with Gasteiger partial charge in [0.1, 0.15) is 0 Å². The highest BCUT2D eigenvalue weighted by Crippen LogP contribution is 2.44. The molecular weight excluding hydrogens is 276 g/mol. The molecule has 1 atom stereocenters. The van der Waals surface area contributed by atoms with Crippen LogP contribution in [0.25, 0.3) is 0 Å². The van der Waals surface area contributed by atoms with Gasteiger partial charge >= 0.3 is 0 Å². The van der Waals surface area contributed by atoms with E-state index in [1.54, 1.807) is 0 Å². The maximum atomic E-state index is 12.2. The lowest BCUT2D eigenvalue weighted by Crippen LogP contribution is -2.48. The van der Waals surface area contributed by atoms with E-state index >= 15 is 0 Å². The fourth-order valence-corrected chi connectivity index (χ4v) is 4.30. The van der Waals surface area contributed by atoms with Crippen molar-refractivity contribution < 1.29 is 9.53 Å². The minimum Gasteiger partial charge on any atom is -0.381 e. The molecular formula is C18H32N2O2. The van der Waals surface area contributed by atoms with Crippen molar-refractivity contribution in [2.24, 2.45) is 23.2 Å². The molecule has 0 aromatic heterocycles. The normalized spacial score (nSPS) is 28.7. The molecule has 1 amide bonds. The van der Waals surface area contributed by atoms with Gasteiger partial charge in [0.15, 0.2) is 0 Å². The molecule has 2 heterocycles. The topological polar surface area (TPSA) is 32.8 Å². The SMILES string of the molecule is CC(C)C(=O)N1CCC2(CC1)CN(C)CC2COCC1CC1. The van der Waals surface area contributed by atoms with Gasteiger partial charge in [0.25, 0.3) is 0 Å². The number of carbonyl (C=O) groups is 1. The van der Waals surface area contributed by atoms with Crippen molar-refractivity contribution in [1.82, 2.24) is 9.80 Å². The molecule has 3 rings (SSSR count). The van der Waals surface area contributed by atoms with Gasteiger partial charge in [-0.1, -0.05) is 13.8 Å². The Morgan fingerprint density at radius 2 is 1.91 bits per heavy atom. The van der Waals surface area contributed by atoms with E-state index in [4.69, 9.17) is 4.74 Å². The average molecular weight is 308 g/mol. The summed E-state index contributed by atoms with van der Waals surface area (Å²) < 4.78 is 6.02. The molecule has 0 aromatic carbocycles. The predicted octanol–water partition coefficient (Wildman–Crippen LogP) is 2.24. The zero-order valence-corrected chi connectivity index (χ0v) is 14.5. The number of nitrogens with zero attached hydrogens (tertiary/aromatic N) is 2. The van der Waals surface area contributed by atoms with Crippen molar-refractivity contribution in [2.75, 3.05) is 46.4 Å². The standard InChI is InChI=1S/C18H32N2O2/c1-14(2)17(21)20-8-6-18(7-9-20)13-19(3)10-16(18)12-22-11-15-4-5-15/h14-16H,4-13H2,1-3H3. The second kappa shape index (κ2) is 6.48. The van der Waals surface area contributed by atoms with E-state index in [1.165, 1.54) is 19.4 Å². The number of carbonyl (C=O) groups excluding carboxylic acids is 1. The first kappa shape index (κ1) is 16.3. The highest BCUT2D eigenvalue weighted by molar-refractivity contribution is 5.78. The maximum Gasteiger partial charge on any atom is 0.225 e. The molecule has 4 heteroatoms. The molecule has 1 spiro atoms. The van der Waals surface area contributed by atoms with Crippen LogP contribution >= 0.6 is 0 Å². The summed E-state index contributed by atoms with van der Waals surface area (Å²) in [6.45, 7) is 10.1. The Kier molecular flexibility index (Phi) is 4.79. The average Bonchev–Trinajstić information content (AvgIpc) is 3.25. The van der Waals surface area contributed by atoms with Crippen molar-refractivity contribution in [2.45, 2.75) is 39.5 Å². The molecule has 3 fully saturated rings. The van der Waals surface area contributed by atoms with E-state index in [2.05, 4.69) is 16.8 Å². The van der Waals surface area contributed by atoms with Crippen molar-refractivity contribution in [3.63, 3.8) is 0 Å². The van der Waals surface area contributed by atoms with Crippen LogP contribution in [0.5, 0.6) is 0 Å². The highest BCUT2D eigenvalue weighted by atomic mass is 16.5. The third kappa shape index (κ3) is 3.48. The molecule has 2 aliphatic heterocycles. The van der Waals surface area contributed by atoms with Crippen LogP contribution in [-0.4, -0.2) is 62.1 Å². The van der Waals surface area contributed by atoms with Crippen LogP contribution in [-0.2, 0) is 9.53 Å². The van der Waals surface area contributed by atoms with Gasteiger partial charge in [-0.2, -0.15) is 0 Å². The van der Waals surface area contributed by atoms with Gasteiger partial charge in [0.05, 0.1) is 6.61 Å². The first-order valence-corrected chi connectivity index (χ1v) is 9.05. The number of piperidine rings is 1. The summed E-state index contributed by atoms with van der Waals surface area (Å²) in [5, 5.41) is 0. The largest absolute Gasteiger partial charge is 0.381 e. The zero-order valence-electron chi connectivity index (χ0n) is 14.5. The van der Waals surface area contributed by atoms with Gasteiger partial charge in [0.2, 0.25) is 5.91 Å². The monoisotopic (exact) mass is 308 g/mol. The van der Waals surface area contributed by atoms with E-state index in [-0.39, 0.29) is 5.92 Å². The summed E-state index contributed by atoms with van der Waals surface area (Å²) in [6, 6.07) is 0. The van der Waals surface area contributed by atoms with E-state index in [0.29, 0.717) is 17.2 Å². The quantitative estimate of drug-likeness (QED) is 0.781. The van der Waals surface area contributed by atoms with Gasteiger partial charge in [-0.25, -0.2) is 0 Å². The molecule has 3 aliphatic rings. The van der Waals surface area contributed by atoms with Crippen molar-refractivity contribution in [1.29, 1.82) is 0 Å². The predicted molar refractivity (Wildman–Crippen MR) is 87.6 cm³/mol. The van der Waals surface area contributed by atoms with Crippen LogP contribution in [0.1, 0.15) is 39.5 Å². The number of amides is 1. The van der Waals surface area contributed by atoms with Gasteiger partial charge in [-0.05, 0) is 44.1 Å². The lowest BCUT2D eigenvalue weighted by atomic mass is 9.71. The Labute approximate surface area is 135 Å². The molecule has 0 bridgehead atoms. The molecule has 1 saturated carbocycles. The summed E-state index contributed by atoms with van der Waals surface area (Å²) in [5.41, 5.74) is 0.381. The van der Waals surface area contributed by atoms with E-state index < -0.39 is 0 Å². The molecule has 0 N–H and O–H groups in total. The number of hydrogen-bond donors (Lipinski definition) is 0. The Morgan fingerprint density at radius 3 is 2.50 bits per heavy atom. The summed E-state index contributed by atoms with van der Waals surface area (Å²) >= 11 is 0. The summed E-state index contributed by atoms with van der Waals surface area (Å²) in [7, 11) is 2.23. The Balaban J connectivity index is 1.55. The Morgan fingerprint density at radius 1 is 1.23 bits per heavy atom. The fourth-order valence-electron chi connectivity index (χ4n) is 4.30. The lowest BCUT2D eigenvalue weighted by Gasteiger charge is -2.43. The first-order valence-electron chi connectivity index (χ1n) is 9.05. The van der Waals surface area contributed by atoms with Crippen LogP contribution in [0.2, 0.25) is 0 Å². The van der Waals surface area contributed by atoms with Crippen LogP contribution in [0.15, 0.2) is 0 Å². The number of rotatable bonds is 5. The third-order valence-corrected chi connectivity index (χ3v) is 5.92. The number of hydrogen-bond acceptors (Lipinski definition) is 3. The van der Waals surface area contributed by atoms with Crippen LogP contribution in [0.3, 0.4) is 0 Å². The minimum absolute atomic E-state index is 0.123. The van der Waals surface area contributed by atoms with Crippen LogP contribution < -0.4 is 0 Å². The molecule has 1 aliphatic carbocycles. The van der Waals surface area contributed by atoms with Crippen molar-refractivity contribution in [3.8, 4) is 0 Å². The smallest absolute Gasteiger partial charge is 0.225 e. The molecule has 22 heavy (non-hydrogen) atoms. The zero-order chi connectivity index (χ0) is 15.7. The Hall–Kier alpha value is -0.610. The van der Waals surface area contributed by atoms with Crippen LogP contribution in [0.4, 0.5) is 0 Å². The molecule has 1 unspecified atom stereocenters. The lowest BCUT2D eigenvalue weighted by molar-refractivity contribution is -0.137. The van der Waals surface area contributed by atoms with Gasteiger partial charge in [0, 0.05) is 44.6 Å². The molecule has 4 nitrogen and oxygen atoms in total. The van der Waals surface area contributed by atoms with E-state index in [9.17, 15) is 4.79 Å². The van der Waals surface area contributed by atoms with E-state index in [0.717, 1.165) is 51.6 Å². The van der Waals surface area contributed by atoms with Gasteiger partial charge in [-0.3, -0.25) is 4.79 Å². The number of ether oxygens (including phenoxy) is 1. The van der Waals surface area contributed by atoms with Crippen molar-refractivity contribution >= 4 is 5.91 Å². The number of likely N-dealkylation sites (tertiary alicyclic amines) is 2. The molecule has 2 saturated heterocycles. The third-order valence-electron chi connectivity index (χ3n) is 5.92. The van der Waals surface area contributed by atoms with Crippen molar-refractivity contribution in [3.05, 3.63) is 0 Å². The first-order chi connectivity index (χ1) is 10.5. The van der Waals surface area contributed by atoms with Crippen LogP contribution in [0, 0.1) is 23.2 Å². The second-order valence-electron chi connectivity index (χ2n) is 8.22. The molecule has 126 valence electrons. The van der Waals surface area contributed by atoms with Gasteiger partial charge in [-0.15, -0.1) is 0 Å². The minimum atomic E-state index is 0.123. The second-order valence-corrected chi connectivity index (χ2v) is 8.22. The maximum absolute atomic E-state index is 12.2. The van der Waals surface area contributed by atoms with Gasteiger partial charge < -0.3 is 14.5 Å². The molecule has 0 radical (unpaired) electrons. The fraction of sp³-hybridized carbons (Fsp3) is 0.944. The highest BCUT2D eigenvalue weighted by Gasteiger charge is 2.47. The molecule has 0 aromatic rings. The van der Waals surface area contributed by atoms with E-state index in [1.807, 2.05) is 13.8 Å². The summed E-state index contributed by atoms with van der Waals surface area (Å²) in [5.74, 6) is 1.94. The summed E-state index contributed by atoms with van der Waals surface area (Å²) in [4.78, 5) is 16.7. The Bertz CT molecular complexity index is 398.